The molecule has 2 rings (SSSR count). The summed E-state index contributed by atoms with van der Waals surface area (Å²) in [5.74, 6) is -1.52. The molecule has 0 bridgehead atoms. The van der Waals surface area contributed by atoms with Crippen LogP contribution in [0.3, 0.4) is 0 Å². The van der Waals surface area contributed by atoms with Crippen molar-refractivity contribution in [1.82, 2.24) is 4.90 Å². The Bertz CT molecular complexity index is 335. The van der Waals surface area contributed by atoms with Crippen molar-refractivity contribution in [3.63, 3.8) is 0 Å². The minimum atomic E-state index is -1.15. The normalized spacial score (nSPS) is 38.4. The van der Waals surface area contributed by atoms with Gasteiger partial charge in [-0.05, 0) is 12.8 Å². The average Bonchev–Trinajstić information content (AvgIpc) is 2.71. The molecule has 0 amide bonds. The van der Waals surface area contributed by atoms with E-state index in [9.17, 15) is 14.0 Å². The summed E-state index contributed by atoms with van der Waals surface area (Å²) in [7, 11) is 1.24. The predicted molar refractivity (Wildman–Crippen MR) is 51.6 cm³/mol. The second-order valence-corrected chi connectivity index (χ2v) is 4.37. The first-order chi connectivity index (χ1) is 7.51. The predicted octanol–water partition coefficient (Wildman–Crippen LogP) is 0.189. The summed E-state index contributed by atoms with van der Waals surface area (Å²) >= 11 is 0. The van der Waals surface area contributed by atoms with Gasteiger partial charge in [0.05, 0.1) is 7.11 Å². The quantitative estimate of drug-likeness (QED) is 0.687. The molecular formula is C10H14FNO4. The van der Waals surface area contributed by atoms with Gasteiger partial charge in [0.1, 0.15) is 17.8 Å². The van der Waals surface area contributed by atoms with E-state index in [2.05, 4.69) is 4.74 Å². The van der Waals surface area contributed by atoms with E-state index in [0.29, 0.717) is 12.8 Å². The highest BCUT2D eigenvalue weighted by atomic mass is 19.1. The number of esters is 1. The molecule has 16 heavy (non-hydrogen) atoms. The van der Waals surface area contributed by atoms with Gasteiger partial charge in [-0.25, -0.2) is 4.39 Å². The summed E-state index contributed by atoms with van der Waals surface area (Å²) in [6, 6.07) is -0.764. The van der Waals surface area contributed by atoms with E-state index in [4.69, 9.17) is 5.11 Å². The number of aliphatic carboxylic acids is 1. The molecule has 0 aromatic rings. The molecule has 0 aromatic heterocycles. The number of carbonyl (C=O) groups excluding carboxylic acids is 1. The SMILES string of the molecule is COC(=O)[C@@]12CC[C@@H](C(=O)O)N1C[C@H](F)C2. The number of methoxy groups -OCH3 is 1. The van der Waals surface area contributed by atoms with Gasteiger partial charge in [0.15, 0.2) is 0 Å². The monoisotopic (exact) mass is 231 g/mol. The minimum Gasteiger partial charge on any atom is -0.480 e. The number of fused-ring (bicyclic) bond motifs is 1. The number of hydrogen-bond donors (Lipinski definition) is 1. The fourth-order valence-electron chi connectivity index (χ4n) is 2.89. The molecule has 1 N–H and O–H groups in total. The summed E-state index contributed by atoms with van der Waals surface area (Å²) in [6.45, 7) is 0.00602. The summed E-state index contributed by atoms with van der Waals surface area (Å²) in [4.78, 5) is 24.1. The van der Waals surface area contributed by atoms with Crippen LogP contribution in [0.25, 0.3) is 0 Å². The Morgan fingerprint density at radius 2 is 2.25 bits per heavy atom. The summed E-state index contributed by atoms with van der Waals surface area (Å²) < 4.78 is 18.1. The lowest BCUT2D eigenvalue weighted by molar-refractivity contribution is -0.154. The first kappa shape index (κ1) is 11.3. The summed E-state index contributed by atoms with van der Waals surface area (Å²) in [5.41, 5.74) is -1.04. The van der Waals surface area contributed by atoms with Crippen LogP contribution in [0.4, 0.5) is 4.39 Å². The molecule has 2 heterocycles. The van der Waals surface area contributed by atoms with Gasteiger partial charge in [0.2, 0.25) is 0 Å². The van der Waals surface area contributed by atoms with Crippen molar-refractivity contribution in [3.05, 3.63) is 0 Å². The summed E-state index contributed by atoms with van der Waals surface area (Å²) in [5, 5.41) is 9.00. The van der Waals surface area contributed by atoms with E-state index < -0.39 is 29.7 Å². The maximum atomic E-state index is 13.4. The van der Waals surface area contributed by atoms with E-state index in [-0.39, 0.29) is 13.0 Å². The third-order valence-electron chi connectivity index (χ3n) is 3.56. The molecule has 2 saturated heterocycles. The van der Waals surface area contributed by atoms with Crippen molar-refractivity contribution in [2.75, 3.05) is 13.7 Å². The van der Waals surface area contributed by atoms with E-state index >= 15 is 0 Å². The molecule has 5 nitrogen and oxygen atoms in total. The summed E-state index contributed by atoms with van der Waals surface area (Å²) in [6.07, 6.45) is -0.376. The lowest BCUT2D eigenvalue weighted by Gasteiger charge is -2.30. The van der Waals surface area contributed by atoms with Gasteiger partial charge in [0, 0.05) is 13.0 Å². The molecule has 0 saturated carbocycles. The second-order valence-electron chi connectivity index (χ2n) is 4.37. The van der Waals surface area contributed by atoms with Crippen LogP contribution in [0.2, 0.25) is 0 Å². The fraction of sp³-hybridized carbons (Fsp3) is 0.800. The van der Waals surface area contributed by atoms with Crippen LogP contribution in [-0.4, -0.2) is 53.4 Å². The van der Waals surface area contributed by atoms with Crippen LogP contribution in [0.1, 0.15) is 19.3 Å². The van der Waals surface area contributed by atoms with E-state index in [1.54, 1.807) is 0 Å². The van der Waals surface area contributed by atoms with Crippen molar-refractivity contribution < 1.29 is 23.8 Å². The van der Waals surface area contributed by atoms with Crippen LogP contribution in [0.15, 0.2) is 0 Å². The Morgan fingerprint density at radius 3 is 2.81 bits per heavy atom. The standard InChI is InChI=1S/C10H14FNO4/c1-16-9(15)10-3-2-7(8(13)14)12(10)5-6(11)4-10/h6-7H,2-5H2,1H3,(H,13,14)/t6-,7+,10+/m1/s1. The molecule has 2 aliphatic rings. The van der Waals surface area contributed by atoms with Crippen molar-refractivity contribution >= 4 is 11.9 Å². The number of ether oxygens (including phenoxy) is 1. The zero-order chi connectivity index (χ0) is 11.9. The molecule has 3 atom stereocenters. The Morgan fingerprint density at radius 1 is 1.56 bits per heavy atom. The molecule has 0 unspecified atom stereocenters. The van der Waals surface area contributed by atoms with Crippen LogP contribution < -0.4 is 0 Å². The number of hydrogen-bond acceptors (Lipinski definition) is 4. The van der Waals surface area contributed by atoms with Crippen LogP contribution in [-0.2, 0) is 14.3 Å². The number of rotatable bonds is 2. The van der Waals surface area contributed by atoms with E-state index in [1.807, 2.05) is 0 Å². The Hall–Kier alpha value is -1.17. The van der Waals surface area contributed by atoms with Gasteiger partial charge in [-0.2, -0.15) is 0 Å². The van der Waals surface area contributed by atoms with Crippen LogP contribution >= 0.6 is 0 Å². The van der Waals surface area contributed by atoms with Crippen LogP contribution in [0, 0.1) is 0 Å². The minimum absolute atomic E-state index is 0.00602. The second kappa shape index (κ2) is 3.69. The zero-order valence-corrected chi connectivity index (χ0v) is 8.98. The number of halogens is 1. The van der Waals surface area contributed by atoms with Gasteiger partial charge >= 0.3 is 11.9 Å². The first-order valence-corrected chi connectivity index (χ1v) is 5.23. The smallest absolute Gasteiger partial charge is 0.326 e. The third kappa shape index (κ3) is 1.40. The molecular weight excluding hydrogens is 217 g/mol. The van der Waals surface area contributed by atoms with Gasteiger partial charge in [-0.3, -0.25) is 14.5 Å². The van der Waals surface area contributed by atoms with E-state index in [1.165, 1.54) is 12.0 Å². The fourth-order valence-corrected chi connectivity index (χ4v) is 2.89. The van der Waals surface area contributed by atoms with Crippen molar-refractivity contribution in [2.45, 2.75) is 37.0 Å². The maximum absolute atomic E-state index is 13.4. The number of carbonyl (C=O) groups is 2. The highest BCUT2D eigenvalue weighted by molar-refractivity contribution is 5.84. The van der Waals surface area contributed by atoms with Gasteiger partial charge in [-0.15, -0.1) is 0 Å². The van der Waals surface area contributed by atoms with Crippen molar-refractivity contribution in [3.8, 4) is 0 Å². The molecule has 6 heteroatoms. The Balaban J connectivity index is 2.30. The number of carboxylic acid groups (broad SMARTS) is 1. The van der Waals surface area contributed by atoms with Gasteiger partial charge in [0.25, 0.3) is 0 Å². The topological polar surface area (TPSA) is 66.8 Å². The van der Waals surface area contributed by atoms with Crippen molar-refractivity contribution in [1.29, 1.82) is 0 Å². The number of nitrogens with zero attached hydrogens (tertiary/aromatic N) is 1. The van der Waals surface area contributed by atoms with Crippen LogP contribution in [0.5, 0.6) is 0 Å². The molecule has 0 aromatic carbocycles. The average molecular weight is 231 g/mol. The largest absolute Gasteiger partial charge is 0.480 e. The maximum Gasteiger partial charge on any atom is 0.326 e. The molecule has 0 spiro atoms. The van der Waals surface area contributed by atoms with Gasteiger partial charge < -0.3 is 9.84 Å². The zero-order valence-electron chi connectivity index (χ0n) is 8.98. The molecule has 2 fully saturated rings. The van der Waals surface area contributed by atoms with Gasteiger partial charge in [-0.1, -0.05) is 0 Å². The Kier molecular flexibility index (Phi) is 2.61. The Labute approximate surface area is 92.2 Å². The molecule has 2 aliphatic heterocycles. The number of alkyl halides is 1. The van der Waals surface area contributed by atoms with E-state index in [0.717, 1.165) is 0 Å². The van der Waals surface area contributed by atoms with Crippen molar-refractivity contribution in [2.24, 2.45) is 0 Å². The highest BCUT2D eigenvalue weighted by Gasteiger charge is 2.59. The number of carboxylic acids is 1. The molecule has 0 radical (unpaired) electrons. The lowest BCUT2D eigenvalue weighted by Crippen LogP contribution is -2.50. The highest BCUT2D eigenvalue weighted by Crippen LogP contribution is 2.44. The molecule has 90 valence electrons. The first-order valence-electron chi connectivity index (χ1n) is 5.23. The third-order valence-corrected chi connectivity index (χ3v) is 3.56. The lowest BCUT2D eigenvalue weighted by atomic mass is 9.94. The molecule has 0 aliphatic carbocycles.